The second-order valence-electron chi connectivity index (χ2n) is 3.17. The summed E-state index contributed by atoms with van der Waals surface area (Å²) in [4.78, 5) is 15.0. The summed E-state index contributed by atoms with van der Waals surface area (Å²) in [5.74, 6) is -0.533. The molecule has 2 N–H and O–H groups in total. The number of carbonyl (C=O) groups excluding carboxylic acids is 1. The maximum absolute atomic E-state index is 11.2. The number of pyridine rings is 1. The number of esters is 1. The van der Waals surface area contributed by atoms with Gasteiger partial charge in [-0.3, -0.25) is 4.98 Å². The molecule has 1 rings (SSSR count). The summed E-state index contributed by atoms with van der Waals surface area (Å²) in [7, 11) is 1.26. The van der Waals surface area contributed by atoms with Gasteiger partial charge in [0.15, 0.2) is 0 Å². The summed E-state index contributed by atoms with van der Waals surface area (Å²) in [5, 5.41) is 19.4. The summed E-state index contributed by atoms with van der Waals surface area (Å²) >= 11 is 3.05. The van der Waals surface area contributed by atoms with Crippen molar-refractivity contribution in [1.29, 1.82) is 0 Å². The van der Waals surface area contributed by atoms with Gasteiger partial charge in [-0.2, -0.15) is 0 Å². The molecule has 0 bridgehead atoms. The summed E-state index contributed by atoms with van der Waals surface area (Å²) in [5.41, 5.74) is 0.607. The Hall–Kier alpha value is -0.980. The van der Waals surface area contributed by atoms with Crippen LogP contribution in [0.2, 0.25) is 0 Å². The summed E-state index contributed by atoms with van der Waals surface area (Å²) < 4.78 is 4.53. The monoisotopic (exact) mass is 289 g/mol. The molecule has 88 valence electrons. The van der Waals surface area contributed by atoms with Crippen LogP contribution in [0.1, 0.15) is 22.0 Å². The molecule has 0 aliphatic rings. The third-order valence-corrected chi connectivity index (χ3v) is 2.71. The Bertz CT molecular complexity index is 372. The van der Waals surface area contributed by atoms with Crippen molar-refractivity contribution >= 4 is 21.9 Å². The predicted octanol–water partition coefficient (Wildman–Crippen LogP) is 0.657. The highest BCUT2D eigenvalue weighted by Crippen LogP contribution is 2.18. The van der Waals surface area contributed by atoms with Crippen molar-refractivity contribution in [2.75, 3.05) is 12.4 Å². The first kappa shape index (κ1) is 13.1. The topological polar surface area (TPSA) is 79.7 Å². The van der Waals surface area contributed by atoms with Crippen LogP contribution >= 0.6 is 15.9 Å². The number of carbonyl (C=O) groups is 1. The second kappa shape index (κ2) is 5.93. The highest BCUT2D eigenvalue weighted by Gasteiger charge is 2.18. The van der Waals surface area contributed by atoms with Crippen molar-refractivity contribution in [2.24, 2.45) is 0 Å². The Balaban J connectivity index is 2.94. The first-order valence-corrected chi connectivity index (χ1v) is 5.67. The Kier molecular flexibility index (Phi) is 4.85. The fourth-order valence-corrected chi connectivity index (χ4v) is 1.51. The molecule has 16 heavy (non-hydrogen) atoms. The lowest BCUT2D eigenvalue weighted by atomic mass is 10.1. The van der Waals surface area contributed by atoms with Gasteiger partial charge in [-0.1, -0.05) is 15.9 Å². The molecule has 0 aromatic carbocycles. The van der Waals surface area contributed by atoms with E-state index in [0.29, 0.717) is 5.56 Å². The Morgan fingerprint density at radius 2 is 2.25 bits per heavy atom. The van der Waals surface area contributed by atoms with E-state index in [2.05, 4.69) is 25.7 Å². The first-order chi connectivity index (χ1) is 7.60. The van der Waals surface area contributed by atoms with Gasteiger partial charge in [0.25, 0.3) is 0 Å². The van der Waals surface area contributed by atoms with Crippen molar-refractivity contribution in [3.8, 4) is 0 Å². The van der Waals surface area contributed by atoms with Crippen molar-refractivity contribution in [2.45, 2.75) is 12.2 Å². The number of ether oxygens (including phenoxy) is 1. The van der Waals surface area contributed by atoms with Crippen molar-refractivity contribution in [3.05, 3.63) is 29.6 Å². The van der Waals surface area contributed by atoms with E-state index in [1.54, 1.807) is 0 Å². The number of aliphatic hydroxyl groups excluding tert-OH is 2. The number of hydrogen-bond acceptors (Lipinski definition) is 5. The van der Waals surface area contributed by atoms with Crippen LogP contribution in [0.25, 0.3) is 0 Å². The van der Waals surface area contributed by atoms with E-state index in [0.717, 1.165) is 0 Å². The van der Waals surface area contributed by atoms with E-state index >= 15 is 0 Å². The maximum Gasteiger partial charge on any atom is 0.339 e. The zero-order chi connectivity index (χ0) is 12.1. The van der Waals surface area contributed by atoms with E-state index in [-0.39, 0.29) is 10.9 Å². The number of hydrogen-bond donors (Lipinski definition) is 2. The molecule has 0 fully saturated rings. The number of nitrogens with zero attached hydrogens (tertiary/aromatic N) is 1. The average molecular weight is 290 g/mol. The lowest BCUT2D eigenvalue weighted by molar-refractivity contribution is 0.0338. The highest BCUT2D eigenvalue weighted by atomic mass is 79.9. The maximum atomic E-state index is 11.2. The Labute approximate surface area is 101 Å². The number of methoxy groups -OCH3 is 1. The molecule has 2 atom stereocenters. The standard InChI is InChI=1S/C10H12BrNO4/c1-16-10(15)7-2-6(4-12-5-7)9(14)8(13)3-11/h2,4-5,8-9,13-14H,3H2,1H3. The number of aliphatic hydroxyl groups is 2. The minimum Gasteiger partial charge on any atom is -0.465 e. The Morgan fingerprint density at radius 3 is 2.81 bits per heavy atom. The first-order valence-electron chi connectivity index (χ1n) is 4.55. The highest BCUT2D eigenvalue weighted by molar-refractivity contribution is 9.09. The van der Waals surface area contributed by atoms with Gasteiger partial charge in [0.2, 0.25) is 0 Å². The third kappa shape index (κ3) is 3.01. The molecule has 1 heterocycles. The molecule has 1 aromatic heterocycles. The minimum atomic E-state index is -1.09. The number of rotatable bonds is 4. The Morgan fingerprint density at radius 1 is 1.56 bits per heavy atom. The van der Waals surface area contributed by atoms with Crippen LogP contribution < -0.4 is 0 Å². The molecule has 5 nitrogen and oxygen atoms in total. The van der Waals surface area contributed by atoms with Gasteiger partial charge in [0, 0.05) is 23.3 Å². The molecule has 2 unspecified atom stereocenters. The van der Waals surface area contributed by atoms with Crippen LogP contribution in [0.15, 0.2) is 18.5 Å². The van der Waals surface area contributed by atoms with Crippen LogP contribution in [-0.2, 0) is 4.74 Å². The van der Waals surface area contributed by atoms with Crippen molar-refractivity contribution in [3.63, 3.8) is 0 Å². The number of alkyl halides is 1. The van der Waals surface area contributed by atoms with Crippen LogP contribution in [0.5, 0.6) is 0 Å². The SMILES string of the molecule is COC(=O)c1cncc(C(O)C(O)CBr)c1. The van der Waals surface area contributed by atoms with E-state index in [9.17, 15) is 15.0 Å². The van der Waals surface area contributed by atoms with Gasteiger partial charge in [-0.25, -0.2) is 4.79 Å². The lowest BCUT2D eigenvalue weighted by Gasteiger charge is -2.15. The second-order valence-corrected chi connectivity index (χ2v) is 3.81. The molecule has 0 aliphatic heterocycles. The zero-order valence-corrected chi connectivity index (χ0v) is 10.2. The molecule has 0 radical (unpaired) electrons. The van der Waals surface area contributed by atoms with Gasteiger partial charge in [0.1, 0.15) is 6.10 Å². The molecule has 0 saturated heterocycles. The molecule has 6 heteroatoms. The van der Waals surface area contributed by atoms with Crippen molar-refractivity contribution < 1.29 is 19.7 Å². The smallest absolute Gasteiger partial charge is 0.339 e. The molecule has 0 saturated carbocycles. The largest absolute Gasteiger partial charge is 0.465 e. The van der Waals surface area contributed by atoms with Gasteiger partial charge < -0.3 is 14.9 Å². The fraction of sp³-hybridized carbons (Fsp3) is 0.400. The molecule has 0 amide bonds. The summed E-state index contributed by atoms with van der Waals surface area (Å²) in [6.07, 6.45) is 0.692. The summed E-state index contributed by atoms with van der Waals surface area (Å²) in [6.45, 7) is 0. The molecular formula is C10H12BrNO4. The van der Waals surface area contributed by atoms with Crippen LogP contribution in [0.3, 0.4) is 0 Å². The van der Waals surface area contributed by atoms with E-state index in [4.69, 9.17) is 0 Å². The van der Waals surface area contributed by atoms with Gasteiger partial charge in [0.05, 0.1) is 18.8 Å². The van der Waals surface area contributed by atoms with E-state index < -0.39 is 18.2 Å². The zero-order valence-electron chi connectivity index (χ0n) is 8.63. The predicted molar refractivity (Wildman–Crippen MR) is 60.3 cm³/mol. The quantitative estimate of drug-likeness (QED) is 0.629. The number of aromatic nitrogens is 1. The van der Waals surface area contributed by atoms with Crippen LogP contribution in [0, 0.1) is 0 Å². The van der Waals surface area contributed by atoms with Crippen LogP contribution in [-0.4, -0.2) is 39.7 Å². The molecule has 0 spiro atoms. The lowest BCUT2D eigenvalue weighted by Crippen LogP contribution is -2.20. The normalized spacial score (nSPS) is 14.2. The van der Waals surface area contributed by atoms with Crippen molar-refractivity contribution in [1.82, 2.24) is 4.98 Å². The van der Waals surface area contributed by atoms with Gasteiger partial charge in [-0.05, 0) is 6.07 Å². The van der Waals surface area contributed by atoms with Gasteiger partial charge >= 0.3 is 5.97 Å². The molecule has 1 aromatic rings. The number of halogens is 1. The van der Waals surface area contributed by atoms with E-state index in [1.807, 2.05) is 0 Å². The van der Waals surface area contributed by atoms with Crippen LogP contribution in [0.4, 0.5) is 0 Å². The summed E-state index contributed by atoms with van der Waals surface area (Å²) in [6, 6.07) is 1.44. The van der Waals surface area contributed by atoms with Gasteiger partial charge in [-0.15, -0.1) is 0 Å². The minimum absolute atomic E-state index is 0.233. The van der Waals surface area contributed by atoms with E-state index in [1.165, 1.54) is 25.6 Å². The molecular weight excluding hydrogens is 278 g/mol. The fourth-order valence-electron chi connectivity index (χ4n) is 1.16. The molecule has 0 aliphatic carbocycles. The third-order valence-electron chi connectivity index (χ3n) is 2.04. The average Bonchev–Trinajstić information content (AvgIpc) is 2.36.